The van der Waals surface area contributed by atoms with E-state index in [0.29, 0.717) is 30.3 Å². The molecule has 2 aromatic carbocycles. The van der Waals surface area contributed by atoms with E-state index in [4.69, 9.17) is 4.74 Å². The number of nitrogens with zero attached hydrogens (tertiary/aromatic N) is 1. The molecule has 0 unspecified atom stereocenters. The molecule has 8 heteroatoms. The maximum Gasteiger partial charge on any atom is 0.416 e. The topological polar surface area (TPSA) is 41.6 Å². The van der Waals surface area contributed by atoms with Gasteiger partial charge in [-0.2, -0.15) is 13.2 Å². The molecule has 1 heterocycles. The zero-order valence-corrected chi connectivity index (χ0v) is 16.9. The molecule has 2 aromatic rings. The van der Waals surface area contributed by atoms with E-state index in [1.54, 1.807) is 24.3 Å². The summed E-state index contributed by atoms with van der Waals surface area (Å²) in [6, 6.07) is 11.2. The van der Waals surface area contributed by atoms with Crippen molar-refractivity contribution >= 4 is 18.3 Å². The summed E-state index contributed by atoms with van der Waals surface area (Å²) in [5, 5.41) is 3.17. The number of rotatable bonds is 5. The lowest BCUT2D eigenvalue weighted by Crippen LogP contribution is -2.40. The zero-order chi connectivity index (χ0) is 20.1. The van der Waals surface area contributed by atoms with Crippen LogP contribution in [0, 0.1) is 5.92 Å². The van der Waals surface area contributed by atoms with Crippen LogP contribution in [0.4, 0.5) is 13.2 Å². The Hall–Kier alpha value is -2.25. The Morgan fingerprint density at radius 2 is 1.72 bits per heavy atom. The van der Waals surface area contributed by atoms with Crippen LogP contribution in [0.2, 0.25) is 0 Å². The van der Waals surface area contributed by atoms with Crippen molar-refractivity contribution in [1.82, 2.24) is 10.2 Å². The monoisotopic (exact) mass is 428 g/mol. The predicted molar refractivity (Wildman–Crippen MR) is 108 cm³/mol. The average molecular weight is 429 g/mol. The number of likely N-dealkylation sites (tertiary alicyclic amines) is 1. The highest BCUT2D eigenvalue weighted by atomic mass is 35.5. The number of piperidine rings is 1. The van der Waals surface area contributed by atoms with Crippen molar-refractivity contribution in [2.75, 3.05) is 26.7 Å². The highest BCUT2D eigenvalue weighted by Crippen LogP contribution is 2.33. The van der Waals surface area contributed by atoms with E-state index < -0.39 is 11.7 Å². The van der Waals surface area contributed by atoms with Gasteiger partial charge in [-0.25, -0.2) is 0 Å². The number of carbonyl (C=O) groups is 1. The maximum absolute atomic E-state index is 12.8. The molecule has 1 amide bonds. The van der Waals surface area contributed by atoms with Gasteiger partial charge >= 0.3 is 6.18 Å². The molecule has 1 saturated heterocycles. The third-order valence-corrected chi connectivity index (χ3v) is 4.87. The van der Waals surface area contributed by atoms with Crippen molar-refractivity contribution in [2.45, 2.75) is 19.0 Å². The summed E-state index contributed by atoms with van der Waals surface area (Å²) in [5.41, 5.74) is -0.307. The zero-order valence-electron chi connectivity index (χ0n) is 16.0. The quantitative estimate of drug-likeness (QED) is 0.729. The molecule has 0 bridgehead atoms. The van der Waals surface area contributed by atoms with Crippen LogP contribution in [-0.2, 0) is 6.18 Å². The second-order valence-electron chi connectivity index (χ2n) is 6.95. The van der Waals surface area contributed by atoms with Crippen LogP contribution in [0.1, 0.15) is 28.8 Å². The summed E-state index contributed by atoms with van der Waals surface area (Å²) in [7, 11) is 1.92. The Balaban J connectivity index is 0.00000300. The van der Waals surface area contributed by atoms with Crippen molar-refractivity contribution < 1.29 is 22.7 Å². The molecule has 1 fully saturated rings. The smallest absolute Gasteiger partial charge is 0.416 e. The fourth-order valence-electron chi connectivity index (χ4n) is 3.38. The summed E-state index contributed by atoms with van der Waals surface area (Å²) >= 11 is 0. The van der Waals surface area contributed by atoms with E-state index >= 15 is 0 Å². The van der Waals surface area contributed by atoms with Crippen LogP contribution in [0.15, 0.2) is 48.5 Å². The van der Waals surface area contributed by atoms with E-state index in [0.717, 1.165) is 31.5 Å². The lowest BCUT2D eigenvalue weighted by Gasteiger charge is -2.32. The molecule has 0 saturated carbocycles. The van der Waals surface area contributed by atoms with Gasteiger partial charge in [-0.15, -0.1) is 12.4 Å². The van der Waals surface area contributed by atoms with Crippen LogP contribution in [0.25, 0.3) is 0 Å². The number of benzene rings is 2. The number of carbonyl (C=O) groups excluding carboxylic acids is 1. The Labute approximate surface area is 174 Å². The fraction of sp³-hybridized carbons (Fsp3) is 0.381. The highest BCUT2D eigenvalue weighted by Gasteiger charge is 2.30. The average Bonchev–Trinajstić information content (AvgIpc) is 2.68. The molecular formula is C21H24ClF3N2O2. The van der Waals surface area contributed by atoms with Gasteiger partial charge in [0, 0.05) is 18.7 Å². The van der Waals surface area contributed by atoms with Gasteiger partial charge in [-0.1, -0.05) is 12.1 Å². The first kappa shape index (κ1) is 23.0. The molecule has 0 aliphatic carbocycles. The van der Waals surface area contributed by atoms with E-state index in [2.05, 4.69) is 5.32 Å². The number of hydrogen-bond acceptors (Lipinski definition) is 3. The van der Waals surface area contributed by atoms with Gasteiger partial charge in [0.2, 0.25) is 0 Å². The second kappa shape index (κ2) is 9.98. The Bertz CT molecular complexity index is 822. The maximum atomic E-state index is 12.8. The largest absolute Gasteiger partial charge is 0.457 e. The van der Waals surface area contributed by atoms with Crippen LogP contribution >= 0.6 is 12.4 Å². The Morgan fingerprint density at radius 1 is 1.10 bits per heavy atom. The molecule has 1 N–H and O–H groups in total. The van der Waals surface area contributed by atoms with E-state index in [1.165, 1.54) is 12.1 Å². The molecule has 0 spiro atoms. The number of halogens is 4. The lowest BCUT2D eigenvalue weighted by molar-refractivity contribution is -0.137. The van der Waals surface area contributed by atoms with Gasteiger partial charge in [0.15, 0.2) is 0 Å². The second-order valence-corrected chi connectivity index (χ2v) is 6.95. The van der Waals surface area contributed by atoms with Crippen LogP contribution in [0.3, 0.4) is 0 Å². The summed E-state index contributed by atoms with van der Waals surface area (Å²) in [5.74, 6) is 0.893. The van der Waals surface area contributed by atoms with Crippen molar-refractivity contribution in [1.29, 1.82) is 0 Å². The van der Waals surface area contributed by atoms with Crippen LogP contribution in [0.5, 0.6) is 11.5 Å². The van der Waals surface area contributed by atoms with Crippen LogP contribution < -0.4 is 10.1 Å². The van der Waals surface area contributed by atoms with E-state index in [-0.39, 0.29) is 24.1 Å². The van der Waals surface area contributed by atoms with Gasteiger partial charge < -0.3 is 15.0 Å². The van der Waals surface area contributed by atoms with Gasteiger partial charge in [-0.3, -0.25) is 4.79 Å². The number of hydrogen-bond donors (Lipinski definition) is 1. The van der Waals surface area contributed by atoms with Crippen molar-refractivity contribution in [2.24, 2.45) is 5.92 Å². The molecular weight excluding hydrogens is 405 g/mol. The van der Waals surface area contributed by atoms with E-state index in [9.17, 15) is 18.0 Å². The first-order chi connectivity index (χ1) is 13.4. The molecule has 1 aliphatic rings. The third kappa shape index (κ3) is 6.11. The third-order valence-electron chi connectivity index (χ3n) is 4.87. The normalized spacial score (nSPS) is 15.0. The Kier molecular flexibility index (Phi) is 7.93. The first-order valence-corrected chi connectivity index (χ1v) is 9.26. The predicted octanol–water partition coefficient (Wildman–Crippen LogP) is 4.99. The van der Waals surface area contributed by atoms with E-state index in [1.807, 2.05) is 11.9 Å². The highest BCUT2D eigenvalue weighted by molar-refractivity contribution is 5.94. The molecule has 0 radical (unpaired) electrons. The van der Waals surface area contributed by atoms with Gasteiger partial charge in [0.05, 0.1) is 5.56 Å². The minimum atomic E-state index is -4.43. The molecule has 29 heavy (non-hydrogen) atoms. The molecule has 0 aromatic heterocycles. The molecule has 158 valence electrons. The number of ether oxygens (including phenoxy) is 1. The van der Waals surface area contributed by atoms with Crippen molar-refractivity contribution in [3.63, 3.8) is 0 Å². The SMILES string of the molecule is CNCC1CCN(C(=O)c2cccc(Oc3cccc(C(F)(F)F)c3)c2)CC1.Cl. The summed E-state index contributed by atoms with van der Waals surface area (Å²) in [4.78, 5) is 14.6. The number of nitrogens with one attached hydrogen (secondary N) is 1. The minimum Gasteiger partial charge on any atom is -0.457 e. The Morgan fingerprint density at radius 3 is 2.34 bits per heavy atom. The van der Waals surface area contributed by atoms with Gasteiger partial charge in [-0.05, 0) is 68.8 Å². The first-order valence-electron chi connectivity index (χ1n) is 9.26. The van der Waals surface area contributed by atoms with Crippen molar-refractivity contribution in [3.05, 3.63) is 59.7 Å². The molecule has 3 rings (SSSR count). The number of amides is 1. The minimum absolute atomic E-state index is 0. The van der Waals surface area contributed by atoms with Crippen molar-refractivity contribution in [3.8, 4) is 11.5 Å². The number of alkyl halides is 3. The molecule has 0 atom stereocenters. The molecule has 4 nitrogen and oxygen atoms in total. The molecule has 1 aliphatic heterocycles. The summed E-state index contributed by atoms with van der Waals surface area (Å²) in [6.45, 7) is 2.34. The summed E-state index contributed by atoms with van der Waals surface area (Å²) < 4.78 is 44.1. The fourth-order valence-corrected chi connectivity index (χ4v) is 3.38. The standard InChI is InChI=1S/C21H23F3N2O2.ClH/c1-25-14-15-8-10-26(11-9-15)20(27)16-4-2-6-18(12-16)28-19-7-3-5-17(13-19)21(22,23)24;/h2-7,12-13,15,25H,8-11,14H2,1H3;1H. The van der Waals surface area contributed by atoms with Crippen LogP contribution in [-0.4, -0.2) is 37.5 Å². The van der Waals surface area contributed by atoms with Gasteiger partial charge in [0.1, 0.15) is 11.5 Å². The summed E-state index contributed by atoms with van der Waals surface area (Å²) in [6.07, 6.45) is -2.53. The lowest BCUT2D eigenvalue weighted by atomic mass is 9.96. The van der Waals surface area contributed by atoms with Gasteiger partial charge in [0.25, 0.3) is 5.91 Å².